The number of anilines is 1. The van der Waals surface area contributed by atoms with Crippen molar-refractivity contribution in [3.63, 3.8) is 0 Å². The van der Waals surface area contributed by atoms with Gasteiger partial charge in [-0.25, -0.2) is 9.97 Å². The van der Waals surface area contributed by atoms with Crippen LogP contribution in [-0.4, -0.2) is 85.0 Å². The number of alkyl halides is 3. The number of likely N-dealkylation sites (tertiary alicyclic amines) is 1. The van der Waals surface area contributed by atoms with Crippen LogP contribution >= 0.6 is 0 Å². The van der Waals surface area contributed by atoms with Gasteiger partial charge in [0.25, 0.3) is 5.91 Å². The Labute approximate surface area is 244 Å². The fourth-order valence-electron chi connectivity index (χ4n) is 6.03. The molecule has 0 bridgehead atoms. The van der Waals surface area contributed by atoms with Crippen molar-refractivity contribution in [1.29, 1.82) is 0 Å². The summed E-state index contributed by atoms with van der Waals surface area (Å²) in [5.41, 5.74) is 1.16. The maximum Gasteiger partial charge on any atom is 0.451 e. The summed E-state index contributed by atoms with van der Waals surface area (Å²) < 4.78 is 58.8. The first kappa shape index (κ1) is 30.7. The molecular formula is C30H40F3N5O4. The number of ether oxygens (including phenoxy) is 3. The van der Waals surface area contributed by atoms with Gasteiger partial charge in [-0.15, -0.1) is 0 Å². The number of rotatable bonds is 8. The molecule has 0 spiro atoms. The van der Waals surface area contributed by atoms with E-state index < -0.39 is 17.9 Å². The van der Waals surface area contributed by atoms with E-state index in [9.17, 15) is 18.0 Å². The highest BCUT2D eigenvalue weighted by Gasteiger charge is 2.38. The van der Waals surface area contributed by atoms with Crippen LogP contribution in [0.4, 0.5) is 19.0 Å². The molecule has 9 nitrogen and oxygen atoms in total. The number of hydrogen-bond donors (Lipinski definition) is 2. The van der Waals surface area contributed by atoms with Crippen LogP contribution in [0.25, 0.3) is 0 Å². The fourth-order valence-corrected chi connectivity index (χ4v) is 6.03. The molecular weight excluding hydrogens is 551 g/mol. The first-order chi connectivity index (χ1) is 20.2. The molecule has 1 aromatic heterocycles. The zero-order valence-electron chi connectivity index (χ0n) is 24.2. The summed E-state index contributed by atoms with van der Waals surface area (Å²) in [6.07, 6.45) is -0.278. The second kappa shape index (κ2) is 13.7. The standard InChI is InChI=1S/C30H40F3N5O4/c1-19-26(28(39)38-14-11-21(12-15-38)35-23-13-16-41-18-25(23)40-2)36-29(30(31,32)33)37-27(19)34-17-22-9-6-10-24(42-22)20-7-4-3-5-8-20/h3-5,7-8,21-25,35H,6,9-18H2,1-2H3,(H,34,36,37)/t22-,23-,24+,25+/m1/s1. The van der Waals surface area contributed by atoms with Crippen LogP contribution in [0.1, 0.15) is 72.1 Å². The highest BCUT2D eigenvalue weighted by Crippen LogP contribution is 2.33. The number of carbonyl (C=O) groups is 1. The first-order valence-corrected chi connectivity index (χ1v) is 14.8. The van der Waals surface area contributed by atoms with Crippen LogP contribution in [0.3, 0.4) is 0 Å². The number of amides is 1. The summed E-state index contributed by atoms with van der Waals surface area (Å²) in [5, 5.41) is 6.68. The van der Waals surface area contributed by atoms with Crippen LogP contribution in [0.2, 0.25) is 0 Å². The quantitative estimate of drug-likeness (QED) is 0.463. The number of halogens is 3. The number of aromatic nitrogens is 2. The molecule has 1 aromatic carbocycles. The zero-order valence-corrected chi connectivity index (χ0v) is 24.2. The van der Waals surface area contributed by atoms with Crippen molar-refractivity contribution in [2.75, 3.05) is 45.3 Å². The van der Waals surface area contributed by atoms with Crippen molar-refractivity contribution >= 4 is 11.7 Å². The highest BCUT2D eigenvalue weighted by molar-refractivity contribution is 5.94. The molecule has 42 heavy (non-hydrogen) atoms. The van der Waals surface area contributed by atoms with E-state index >= 15 is 0 Å². The number of carbonyl (C=O) groups excluding carboxylic acids is 1. The fraction of sp³-hybridized carbons (Fsp3) is 0.633. The molecule has 3 aliphatic rings. The van der Waals surface area contributed by atoms with Crippen molar-refractivity contribution in [3.05, 3.63) is 53.0 Å². The van der Waals surface area contributed by atoms with E-state index in [2.05, 4.69) is 20.6 Å². The highest BCUT2D eigenvalue weighted by atomic mass is 19.4. The lowest BCUT2D eigenvalue weighted by Crippen LogP contribution is -2.54. The lowest BCUT2D eigenvalue weighted by molar-refractivity contribution is -0.144. The summed E-state index contributed by atoms with van der Waals surface area (Å²) in [5.74, 6) is -1.83. The monoisotopic (exact) mass is 591 g/mol. The molecule has 0 saturated carbocycles. The molecule has 4 atom stereocenters. The van der Waals surface area contributed by atoms with Crippen molar-refractivity contribution in [1.82, 2.24) is 20.2 Å². The van der Waals surface area contributed by atoms with Crippen LogP contribution in [0, 0.1) is 6.92 Å². The maximum atomic E-state index is 13.8. The van der Waals surface area contributed by atoms with Crippen LogP contribution < -0.4 is 10.6 Å². The Hall–Kier alpha value is -2.80. The molecule has 1 amide bonds. The van der Waals surface area contributed by atoms with Gasteiger partial charge in [0.1, 0.15) is 11.5 Å². The molecule has 0 radical (unpaired) electrons. The number of piperidine rings is 1. The van der Waals surface area contributed by atoms with Crippen LogP contribution in [-0.2, 0) is 20.4 Å². The van der Waals surface area contributed by atoms with Crippen LogP contribution in [0.5, 0.6) is 0 Å². The number of benzene rings is 1. The van der Waals surface area contributed by atoms with E-state index in [1.807, 2.05) is 30.3 Å². The third-order valence-corrected chi connectivity index (χ3v) is 8.46. The van der Waals surface area contributed by atoms with Gasteiger partial charge < -0.3 is 29.7 Å². The second-order valence-electron chi connectivity index (χ2n) is 11.3. The molecule has 0 unspecified atom stereocenters. The Morgan fingerprint density at radius 1 is 1.10 bits per heavy atom. The Bertz CT molecular complexity index is 1190. The largest absolute Gasteiger partial charge is 0.451 e. The third-order valence-electron chi connectivity index (χ3n) is 8.46. The van der Waals surface area contributed by atoms with Crippen molar-refractivity contribution in [2.24, 2.45) is 0 Å². The summed E-state index contributed by atoms with van der Waals surface area (Å²) >= 11 is 0. The SMILES string of the molecule is CO[C@H]1COCC[C@H]1NC1CCN(C(=O)c2nc(C(F)(F)F)nc(NC[C@H]3CCC[C@@H](c4ccccc4)O3)c2C)CC1. The lowest BCUT2D eigenvalue weighted by Gasteiger charge is -2.38. The number of nitrogens with zero attached hydrogens (tertiary/aromatic N) is 3. The Balaban J connectivity index is 1.24. The van der Waals surface area contributed by atoms with Gasteiger partial charge in [-0.1, -0.05) is 30.3 Å². The minimum atomic E-state index is -4.79. The molecule has 3 saturated heterocycles. The molecule has 0 aliphatic carbocycles. The van der Waals surface area contributed by atoms with Crippen molar-refractivity contribution in [3.8, 4) is 0 Å². The molecule has 2 N–H and O–H groups in total. The van der Waals surface area contributed by atoms with E-state index in [-0.39, 0.29) is 48.5 Å². The van der Waals surface area contributed by atoms with Crippen LogP contribution in [0.15, 0.2) is 30.3 Å². The van der Waals surface area contributed by atoms with Gasteiger partial charge >= 0.3 is 6.18 Å². The second-order valence-corrected chi connectivity index (χ2v) is 11.3. The molecule has 3 fully saturated rings. The van der Waals surface area contributed by atoms with Gasteiger partial charge in [0.2, 0.25) is 5.82 Å². The summed E-state index contributed by atoms with van der Waals surface area (Å²) in [4.78, 5) is 22.6. The van der Waals surface area contributed by atoms with Crippen molar-refractivity contribution < 1.29 is 32.2 Å². The van der Waals surface area contributed by atoms with Gasteiger partial charge in [0.15, 0.2) is 0 Å². The van der Waals surface area contributed by atoms with Gasteiger partial charge in [-0.3, -0.25) is 4.79 Å². The minimum Gasteiger partial charge on any atom is -0.379 e. The van der Waals surface area contributed by atoms with E-state index in [0.29, 0.717) is 44.7 Å². The molecule has 2 aromatic rings. The lowest BCUT2D eigenvalue weighted by atomic mass is 9.98. The van der Waals surface area contributed by atoms with Gasteiger partial charge in [-0.2, -0.15) is 13.2 Å². The Morgan fingerprint density at radius 3 is 2.57 bits per heavy atom. The molecule has 5 rings (SSSR count). The molecule has 12 heteroatoms. The van der Waals surface area contributed by atoms with Crippen molar-refractivity contribution in [2.45, 2.75) is 82.0 Å². The number of methoxy groups -OCH3 is 1. The van der Waals surface area contributed by atoms with Gasteiger partial charge in [-0.05, 0) is 51.0 Å². The predicted molar refractivity (Wildman–Crippen MR) is 150 cm³/mol. The summed E-state index contributed by atoms with van der Waals surface area (Å²) in [7, 11) is 1.67. The predicted octanol–water partition coefficient (Wildman–Crippen LogP) is 4.52. The third kappa shape index (κ3) is 7.39. The molecule has 3 aliphatic heterocycles. The average Bonchev–Trinajstić information content (AvgIpc) is 3.01. The van der Waals surface area contributed by atoms with E-state index in [4.69, 9.17) is 14.2 Å². The molecule has 230 valence electrons. The molecule has 4 heterocycles. The number of hydrogen-bond acceptors (Lipinski definition) is 8. The number of nitrogens with one attached hydrogen (secondary N) is 2. The first-order valence-electron chi connectivity index (χ1n) is 14.8. The Morgan fingerprint density at radius 2 is 1.86 bits per heavy atom. The smallest absolute Gasteiger partial charge is 0.379 e. The van der Waals surface area contributed by atoms with E-state index in [1.54, 1.807) is 18.9 Å². The topological polar surface area (TPSA) is 97.8 Å². The van der Waals surface area contributed by atoms with Gasteiger partial charge in [0.05, 0.1) is 24.9 Å². The maximum absolute atomic E-state index is 13.8. The normalized spacial score (nSPS) is 25.8. The average molecular weight is 592 g/mol. The van der Waals surface area contributed by atoms with Gasteiger partial charge in [0, 0.05) is 51.0 Å². The van der Waals surface area contributed by atoms with E-state index in [1.165, 1.54) is 0 Å². The zero-order chi connectivity index (χ0) is 29.7. The minimum absolute atomic E-state index is 0.00721. The summed E-state index contributed by atoms with van der Waals surface area (Å²) in [6.45, 7) is 3.91. The summed E-state index contributed by atoms with van der Waals surface area (Å²) in [6, 6.07) is 10.3. The van der Waals surface area contributed by atoms with E-state index in [0.717, 1.165) is 31.2 Å². The Kier molecular flexibility index (Phi) is 9.97.